The number of primary amides is 1. The highest BCUT2D eigenvalue weighted by Crippen LogP contribution is 2.07. The van der Waals surface area contributed by atoms with Crippen LogP contribution in [0.2, 0.25) is 0 Å². The number of aliphatic carboxylic acids is 1. The van der Waals surface area contributed by atoms with Gasteiger partial charge >= 0.3 is 5.97 Å². The zero-order valence-corrected chi connectivity index (χ0v) is 22.6. The maximum atomic E-state index is 13.1. The third kappa shape index (κ3) is 13.5. The average molecular weight is 567 g/mol. The number of guanidine groups is 1. The molecule has 0 heterocycles. The highest BCUT2D eigenvalue weighted by atomic mass is 32.2. The van der Waals surface area contributed by atoms with E-state index in [4.69, 9.17) is 22.9 Å². The highest BCUT2D eigenvalue weighted by molar-refractivity contribution is 7.98. The van der Waals surface area contributed by atoms with Crippen molar-refractivity contribution in [3.8, 4) is 0 Å². The number of benzene rings is 1. The molecule has 1 rings (SSSR count). The molecular weight excluding hydrogens is 528 g/mol. The Morgan fingerprint density at radius 2 is 1.49 bits per heavy atom. The van der Waals surface area contributed by atoms with Gasteiger partial charge in [-0.1, -0.05) is 30.3 Å². The minimum absolute atomic E-state index is 0.0226. The van der Waals surface area contributed by atoms with E-state index < -0.39 is 60.2 Å². The van der Waals surface area contributed by atoms with Crippen molar-refractivity contribution in [2.75, 3.05) is 18.6 Å². The Bertz CT molecular complexity index is 1010. The lowest BCUT2D eigenvalue weighted by atomic mass is 10.0. The number of carboxylic acids is 1. The van der Waals surface area contributed by atoms with Gasteiger partial charge < -0.3 is 44.0 Å². The second-order valence-electron chi connectivity index (χ2n) is 8.72. The molecule has 0 radical (unpaired) electrons. The minimum Gasteiger partial charge on any atom is -0.480 e. The maximum Gasteiger partial charge on any atom is 0.326 e. The van der Waals surface area contributed by atoms with E-state index in [0.717, 1.165) is 0 Å². The van der Waals surface area contributed by atoms with E-state index in [2.05, 4.69) is 20.9 Å². The summed E-state index contributed by atoms with van der Waals surface area (Å²) in [7, 11) is 0. The number of carboxylic acid groups (broad SMARTS) is 1. The van der Waals surface area contributed by atoms with Gasteiger partial charge in [0, 0.05) is 13.0 Å². The van der Waals surface area contributed by atoms with Gasteiger partial charge in [0.2, 0.25) is 23.6 Å². The standard InChI is InChI=1S/C24H38N8O6S/c1-39-11-9-16(23(37)38)30-21(35)17(12-14-6-3-2-4-7-14)32-22(36)18(13-19(26)33)31-20(34)15(25)8-5-10-29-24(27)28/h2-4,6-7,15-18H,5,8-13,25H2,1H3,(H2,26,33)(H,30,35)(H,31,34)(H,32,36)(H,37,38)(H4,27,28,29). The second-order valence-corrected chi connectivity index (χ2v) is 9.70. The smallest absolute Gasteiger partial charge is 0.326 e. The number of carbonyl (C=O) groups is 5. The number of nitrogens with two attached hydrogens (primary N) is 4. The number of amides is 4. The summed E-state index contributed by atoms with van der Waals surface area (Å²) in [6.45, 7) is 0.249. The van der Waals surface area contributed by atoms with Crippen LogP contribution in [-0.4, -0.2) is 83.4 Å². The number of hydrogen-bond donors (Lipinski definition) is 8. The Hall–Kier alpha value is -3.85. The third-order valence-corrected chi connectivity index (χ3v) is 6.13. The SMILES string of the molecule is CSCCC(NC(=O)C(Cc1ccccc1)NC(=O)C(CC(N)=O)NC(=O)C(N)CCCN=C(N)N)C(=O)O. The molecule has 1 aromatic rings. The molecule has 0 bridgehead atoms. The summed E-state index contributed by atoms with van der Waals surface area (Å²) in [5, 5.41) is 16.9. The first-order chi connectivity index (χ1) is 18.4. The van der Waals surface area contributed by atoms with Crippen LogP contribution in [0, 0.1) is 0 Å². The normalized spacial score (nSPS) is 13.7. The Kier molecular flexibility index (Phi) is 15.0. The molecule has 4 unspecified atom stereocenters. The van der Waals surface area contributed by atoms with Gasteiger partial charge in [0.1, 0.15) is 18.1 Å². The number of nitrogens with zero attached hydrogens (tertiary/aromatic N) is 1. The first-order valence-electron chi connectivity index (χ1n) is 12.2. The van der Waals surface area contributed by atoms with Crippen LogP contribution >= 0.6 is 11.8 Å². The molecule has 0 fully saturated rings. The molecule has 0 saturated heterocycles. The Balaban J connectivity index is 3.03. The van der Waals surface area contributed by atoms with E-state index >= 15 is 0 Å². The number of nitrogens with one attached hydrogen (secondary N) is 3. The van der Waals surface area contributed by atoms with Crippen LogP contribution in [0.15, 0.2) is 35.3 Å². The molecule has 39 heavy (non-hydrogen) atoms. The van der Waals surface area contributed by atoms with Gasteiger partial charge in [-0.2, -0.15) is 11.8 Å². The summed E-state index contributed by atoms with van der Waals surface area (Å²) in [6.07, 6.45) is 2.04. The van der Waals surface area contributed by atoms with Crippen LogP contribution < -0.4 is 38.9 Å². The van der Waals surface area contributed by atoms with Crippen molar-refractivity contribution in [3.63, 3.8) is 0 Å². The summed E-state index contributed by atoms with van der Waals surface area (Å²) < 4.78 is 0. The zero-order valence-electron chi connectivity index (χ0n) is 21.8. The van der Waals surface area contributed by atoms with Crippen LogP contribution in [0.4, 0.5) is 0 Å². The molecule has 0 aliphatic rings. The van der Waals surface area contributed by atoms with E-state index in [1.54, 1.807) is 30.3 Å². The molecule has 1 aromatic carbocycles. The molecule has 0 aliphatic carbocycles. The first kappa shape index (κ1) is 33.2. The van der Waals surface area contributed by atoms with E-state index in [0.29, 0.717) is 17.7 Å². The molecule has 14 nitrogen and oxygen atoms in total. The number of carbonyl (C=O) groups excluding carboxylic acids is 4. The van der Waals surface area contributed by atoms with Gasteiger partial charge in [-0.25, -0.2) is 4.79 Å². The number of thioether (sulfide) groups is 1. The van der Waals surface area contributed by atoms with E-state index in [1.807, 2.05) is 6.26 Å². The number of aliphatic imine (C=N–C) groups is 1. The number of rotatable bonds is 18. The van der Waals surface area contributed by atoms with Crippen LogP contribution in [0.25, 0.3) is 0 Å². The lowest BCUT2D eigenvalue weighted by molar-refractivity contribution is -0.142. The van der Waals surface area contributed by atoms with E-state index in [-0.39, 0.29) is 31.8 Å². The van der Waals surface area contributed by atoms with Gasteiger partial charge in [0.15, 0.2) is 5.96 Å². The maximum absolute atomic E-state index is 13.1. The summed E-state index contributed by atoms with van der Waals surface area (Å²) >= 11 is 1.42. The Morgan fingerprint density at radius 3 is 2.05 bits per heavy atom. The van der Waals surface area contributed by atoms with Crippen LogP contribution in [0.5, 0.6) is 0 Å². The molecular formula is C24H38N8O6S. The molecule has 216 valence electrons. The molecule has 0 spiro atoms. The zero-order chi connectivity index (χ0) is 29.4. The van der Waals surface area contributed by atoms with Gasteiger partial charge in [-0.15, -0.1) is 0 Å². The molecule has 0 aliphatic heterocycles. The van der Waals surface area contributed by atoms with Gasteiger partial charge in [-0.3, -0.25) is 24.2 Å². The molecule has 0 aromatic heterocycles. The molecule has 0 saturated carbocycles. The molecule has 12 N–H and O–H groups in total. The quantitative estimate of drug-likeness (QED) is 0.0539. The van der Waals surface area contributed by atoms with Crippen molar-refractivity contribution in [3.05, 3.63) is 35.9 Å². The summed E-state index contributed by atoms with van der Waals surface area (Å²) in [4.78, 5) is 65.9. The first-order valence-corrected chi connectivity index (χ1v) is 13.6. The van der Waals surface area contributed by atoms with Crippen molar-refractivity contribution in [1.29, 1.82) is 0 Å². The monoisotopic (exact) mass is 566 g/mol. The molecule has 4 atom stereocenters. The summed E-state index contributed by atoms with van der Waals surface area (Å²) in [5.41, 5.74) is 22.4. The summed E-state index contributed by atoms with van der Waals surface area (Å²) in [5.74, 6) is -4.00. The van der Waals surface area contributed by atoms with Crippen molar-refractivity contribution in [2.24, 2.45) is 27.9 Å². The molecule has 15 heteroatoms. The van der Waals surface area contributed by atoms with Crippen LogP contribution in [0.3, 0.4) is 0 Å². The lowest BCUT2D eigenvalue weighted by Crippen LogP contribution is -2.58. The van der Waals surface area contributed by atoms with Gasteiger partial charge in [0.25, 0.3) is 0 Å². The summed E-state index contributed by atoms with van der Waals surface area (Å²) in [6, 6.07) is 3.91. The van der Waals surface area contributed by atoms with Gasteiger partial charge in [-0.05, 0) is 36.8 Å². The Morgan fingerprint density at radius 1 is 0.897 bits per heavy atom. The van der Waals surface area contributed by atoms with Gasteiger partial charge in [0.05, 0.1) is 12.5 Å². The second kappa shape index (κ2) is 17.6. The fourth-order valence-electron chi connectivity index (χ4n) is 3.44. The fraction of sp³-hybridized carbons (Fsp3) is 0.500. The largest absolute Gasteiger partial charge is 0.480 e. The van der Waals surface area contributed by atoms with Crippen LogP contribution in [-0.2, 0) is 30.4 Å². The lowest BCUT2D eigenvalue weighted by Gasteiger charge is -2.25. The third-order valence-electron chi connectivity index (χ3n) is 5.48. The minimum atomic E-state index is -1.42. The molecule has 4 amide bonds. The fourth-order valence-corrected chi connectivity index (χ4v) is 3.91. The Labute approximate surface area is 231 Å². The topological polar surface area (TPSA) is 258 Å². The number of hydrogen-bond acceptors (Lipinski definition) is 8. The van der Waals surface area contributed by atoms with E-state index in [1.165, 1.54) is 11.8 Å². The van der Waals surface area contributed by atoms with Crippen molar-refractivity contribution in [2.45, 2.75) is 56.3 Å². The van der Waals surface area contributed by atoms with Crippen molar-refractivity contribution >= 4 is 47.3 Å². The average Bonchev–Trinajstić information content (AvgIpc) is 2.87. The van der Waals surface area contributed by atoms with E-state index in [9.17, 15) is 29.1 Å². The predicted molar refractivity (Wildman–Crippen MR) is 148 cm³/mol. The van der Waals surface area contributed by atoms with Crippen molar-refractivity contribution in [1.82, 2.24) is 16.0 Å². The predicted octanol–water partition coefficient (Wildman–Crippen LogP) is -2.22. The van der Waals surface area contributed by atoms with Crippen LogP contribution in [0.1, 0.15) is 31.2 Å². The highest BCUT2D eigenvalue weighted by Gasteiger charge is 2.31. The van der Waals surface area contributed by atoms with Crippen molar-refractivity contribution < 1.29 is 29.1 Å².